The third kappa shape index (κ3) is 3.30. The molecule has 1 N–H and O–H groups in total. The van der Waals surface area contributed by atoms with Crippen LogP contribution in [-0.4, -0.2) is 48.3 Å². The van der Waals surface area contributed by atoms with Crippen LogP contribution in [0, 0.1) is 0 Å². The second kappa shape index (κ2) is 5.81. The van der Waals surface area contributed by atoms with E-state index in [0.29, 0.717) is 6.04 Å². The zero-order chi connectivity index (χ0) is 14.0. The molecule has 0 spiro atoms. The van der Waals surface area contributed by atoms with Crippen molar-refractivity contribution in [1.29, 1.82) is 0 Å². The van der Waals surface area contributed by atoms with Gasteiger partial charge >= 0.3 is 0 Å². The predicted octanol–water partition coefficient (Wildman–Crippen LogP) is 2.73. The fourth-order valence-corrected chi connectivity index (χ4v) is 3.37. The minimum absolute atomic E-state index is 0.0987. The van der Waals surface area contributed by atoms with Crippen molar-refractivity contribution in [3.63, 3.8) is 0 Å². The largest absolute Gasteiger partial charge is 0.396 e. The van der Waals surface area contributed by atoms with E-state index >= 15 is 0 Å². The SMILES string of the molecule is CN1CC(C)(C)N(c2cccc(Br)c2)CC1CCO. The Balaban J connectivity index is 2.26. The quantitative estimate of drug-likeness (QED) is 0.925. The summed E-state index contributed by atoms with van der Waals surface area (Å²) in [7, 11) is 2.15. The first-order valence-corrected chi connectivity index (χ1v) is 7.57. The number of aliphatic hydroxyl groups is 1. The van der Waals surface area contributed by atoms with Crippen LogP contribution in [0.2, 0.25) is 0 Å². The van der Waals surface area contributed by atoms with Crippen molar-refractivity contribution in [2.24, 2.45) is 0 Å². The van der Waals surface area contributed by atoms with Gasteiger partial charge in [0.1, 0.15) is 0 Å². The molecule has 1 fully saturated rings. The lowest BCUT2D eigenvalue weighted by molar-refractivity contribution is 0.125. The number of benzene rings is 1. The van der Waals surface area contributed by atoms with E-state index < -0.39 is 0 Å². The summed E-state index contributed by atoms with van der Waals surface area (Å²) in [6, 6.07) is 8.88. The number of hydrogen-bond donors (Lipinski definition) is 1. The fraction of sp³-hybridized carbons (Fsp3) is 0.600. The first-order valence-electron chi connectivity index (χ1n) is 6.78. The summed E-state index contributed by atoms with van der Waals surface area (Å²) in [5.74, 6) is 0. The Bertz CT molecular complexity index is 436. The lowest BCUT2D eigenvalue weighted by atomic mass is 9.94. The Morgan fingerprint density at radius 1 is 1.42 bits per heavy atom. The topological polar surface area (TPSA) is 26.7 Å². The molecule has 0 aromatic heterocycles. The van der Waals surface area contributed by atoms with Gasteiger partial charge < -0.3 is 10.0 Å². The minimum atomic E-state index is 0.0987. The van der Waals surface area contributed by atoms with E-state index in [4.69, 9.17) is 0 Å². The number of rotatable bonds is 3. The molecule has 1 heterocycles. The smallest absolute Gasteiger partial charge is 0.0473 e. The molecular formula is C15H23BrN2O. The van der Waals surface area contributed by atoms with Gasteiger partial charge in [-0.05, 0) is 45.5 Å². The number of halogens is 1. The lowest BCUT2D eigenvalue weighted by Gasteiger charge is -2.51. The van der Waals surface area contributed by atoms with Crippen LogP contribution in [0.4, 0.5) is 5.69 Å². The average molecular weight is 327 g/mol. The van der Waals surface area contributed by atoms with Crippen molar-refractivity contribution in [2.45, 2.75) is 31.8 Å². The van der Waals surface area contributed by atoms with E-state index in [1.165, 1.54) is 5.69 Å². The number of aliphatic hydroxyl groups excluding tert-OH is 1. The van der Waals surface area contributed by atoms with E-state index in [2.05, 4.69) is 70.9 Å². The van der Waals surface area contributed by atoms with E-state index in [1.54, 1.807) is 0 Å². The molecule has 1 aliphatic heterocycles. The molecule has 1 unspecified atom stereocenters. The highest BCUT2D eigenvalue weighted by Crippen LogP contribution is 2.31. The Morgan fingerprint density at radius 3 is 2.79 bits per heavy atom. The van der Waals surface area contributed by atoms with Crippen LogP contribution >= 0.6 is 15.9 Å². The van der Waals surface area contributed by atoms with Crippen LogP contribution in [0.5, 0.6) is 0 Å². The summed E-state index contributed by atoms with van der Waals surface area (Å²) in [6.07, 6.45) is 0.830. The third-order valence-electron chi connectivity index (χ3n) is 3.97. The normalized spacial score (nSPS) is 23.6. The summed E-state index contributed by atoms with van der Waals surface area (Å²) in [5.41, 5.74) is 1.34. The Morgan fingerprint density at radius 2 is 2.16 bits per heavy atom. The number of hydrogen-bond acceptors (Lipinski definition) is 3. The zero-order valence-corrected chi connectivity index (χ0v) is 13.5. The summed E-state index contributed by atoms with van der Waals surface area (Å²) in [5, 5.41) is 9.21. The first-order chi connectivity index (χ1) is 8.94. The van der Waals surface area contributed by atoms with Gasteiger partial charge in [-0.2, -0.15) is 0 Å². The van der Waals surface area contributed by atoms with Crippen LogP contribution in [0.1, 0.15) is 20.3 Å². The maximum Gasteiger partial charge on any atom is 0.0473 e. The van der Waals surface area contributed by atoms with Gasteiger partial charge in [0.25, 0.3) is 0 Å². The molecule has 1 atom stereocenters. The fourth-order valence-electron chi connectivity index (χ4n) is 2.98. The molecule has 1 aromatic carbocycles. The van der Waals surface area contributed by atoms with Gasteiger partial charge in [-0.25, -0.2) is 0 Å². The lowest BCUT2D eigenvalue weighted by Crippen LogP contribution is -2.62. The standard InChI is InChI=1S/C15H23BrN2O/c1-15(2)11-17(3)14(7-8-19)10-18(15)13-6-4-5-12(16)9-13/h4-6,9,14,19H,7-8,10-11H2,1-3H3. The van der Waals surface area contributed by atoms with E-state index in [1.807, 2.05) is 0 Å². The summed E-state index contributed by atoms with van der Waals surface area (Å²) in [4.78, 5) is 4.82. The molecule has 1 aliphatic rings. The molecule has 4 heteroatoms. The van der Waals surface area contributed by atoms with E-state index in [-0.39, 0.29) is 12.1 Å². The Kier molecular flexibility index (Phi) is 4.54. The number of likely N-dealkylation sites (N-methyl/N-ethyl adjacent to an activating group) is 1. The maximum atomic E-state index is 9.21. The van der Waals surface area contributed by atoms with Gasteiger partial charge in [0.05, 0.1) is 0 Å². The minimum Gasteiger partial charge on any atom is -0.396 e. The molecule has 0 aliphatic carbocycles. The Labute approximate surface area is 124 Å². The van der Waals surface area contributed by atoms with Crippen molar-refractivity contribution in [3.8, 4) is 0 Å². The highest BCUT2D eigenvalue weighted by atomic mass is 79.9. The van der Waals surface area contributed by atoms with Crippen molar-refractivity contribution >= 4 is 21.6 Å². The van der Waals surface area contributed by atoms with Gasteiger partial charge in [-0.1, -0.05) is 22.0 Å². The number of nitrogens with zero attached hydrogens (tertiary/aromatic N) is 2. The monoisotopic (exact) mass is 326 g/mol. The average Bonchev–Trinajstić information content (AvgIpc) is 2.32. The third-order valence-corrected chi connectivity index (χ3v) is 4.46. The van der Waals surface area contributed by atoms with E-state index in [9.17, 15) is 5.11 Å². The summed E-state index contributed by atoms with van der Waals surface area (Å²) in [6.45, 7) is 6.77. The van der Waals surface area contributed by atoms with Crippen LogP contribution in [-0.2, 0) is 0 Å². The molecule has 3 nitrogen and oxygen atoms in total. The molecule has 19 heavy (non-hydrogen) atoms. The predicted molar refractivity (Wildman–Crippen MR) is 83.7 cm³/mol. The second-order valence-electron chi connectivity index (χ2n) is 5.98. The van der Waals surface area contributed by atoms with Crippen LogP contribution in [0.25, 0.3) is 0 Å². The molecule has 0 amide bonds. The van der Waals surface area contributed by atoms with E-state index in [0.717, 1.165) is 24.0 Å². The second-order valence-corrected chi connectivity index (χ2v) is 6.90. The van der Waals surface area contributed by atoms with Gasteiger partial charge in [0, 0.05) is 41.4 Å². The van der Waals surface area contributed by atoms with Crippen molar-refractivity contribution in [3.05, 3.63) is 28.7 Å². The molecular weight excluding hydrogens is 304 g/mol. The number of anilines is 1. The maximum absolute atomic E-state index is 9.21. The Hall–Kier alpha value is -0.580. The molecule has 2 rings (SSSR count). The van der Waals surface area contributed by atoms with Crippen molar-refractivity contribution < 1.29 is 5.11 Å². The van der Waals surface area contributed by atoms with Gasteiger partial charge in [-0.15, -0.1) is 0 Å². The molecule has 1 saturated heterocycles. The number of piperazine rings is 1. The van der Waals surface area contributed by atoms with Crippen LogP contribution in [0.15, 0.2) is 28.7 Å². The van der Waals surface area contributed by atoms with Gasteiger partial charge in [0.2, 0.25) is 0 Å². The highest BCUT2D eigenvalue weighted by Gasteiger charge is 2.37. The molecule has 106 valence electrons. The van der Waals surface area contributed by atoms with Crippen molar-refractivity contribution in [1.82, 2.24) is 4.90 Å². The summed E-state index contributed by atoms with van der Waals surface area (Å²) < 4.78 is 1.11. The van der Waals surface area contributed by atoms with Crippen LogP contribution < -0.4 is 4.90 Å². The van der Waals surface area contributed by atoms with Gasteiger partial charge in [0.15, 0.2) is 0 Å². The molecule has 1 aromatic rings. The molecule has 0 saturated carbocycles. The molecule has 0 radical (unpaired) electrons. The highest BCUT2D eigenvalue weighted by molar-refractivity contribution is 9.10. The van der Waals surface area contributed by atoms with Crippen molar-refractivity contribution in [2.75, 3.05) is 31.6 Å². The first kappa shape index (κ1) is 14.8. The zero-order valence-electron chi connectivity index (χ0n) is 11.9. The molecule has 0 bridgehead atoms. The van der Waals surface area contributed by atoms with Gasteiger partial charge in [-0.3, -0.25) is 4.90 Å². The summed E-state index contributed by atoms with van der Waals surface area (Å²) >= 11 is 3.55. The van der Waals surface area contributed by atoms with Crippen LogP contribution in [0.3, 0.4) is 0 Å².